The van der Waals surface area contributed by atoms with Gasteiger partial charge in [0.15, 0.2) is 5.82 Å². The van der Waals surface area contributed by atoms with E-state index < -0.39 is 0 Å². The zero-order chi connectivity index (χ0) is 12.3. The molecule has 0 aromatic carbocycles. The van der Waals surface area contributed by atoms with Crippen molar-refractivity contribution in [3.8, 4) is 0 Å². The van der Waals surface area contributed by atoms with Crippen LogP contribution in [0.1, 0.15) is 25.7 Å². The Labute approximate surface area is 99.5 Å². The fourth-order valence-electron chi connectivity index (χ4n) is 2.41. The van der Waals surface area contributed by atoms with Crippen molar-refractivity contribution < 1.29 is 5.11 Å². The molecule has 17 heavy (non-hydrogen) atoms. The Morgan fingerprint density at radius 3 is 2.88 bits per heavy atom. The second kappa shape index (κ2) is 5.18. The number of hydrogen-bond acceptors (Lipinski definition) is 5. The maximum absolute atomic E-state index is 11.5. The average molecular weight is 238 g/mol. The molecule has 0 aliphatic heterocycles. The van der Waals surface area contributed by atoms with E-state index >= 15 is 0 Å². The van der Waals surface area contributed by atoms with Gasteiger partial charge in [-0.2, -0.15) is 0 Å². The predicted octanol–water partition coefficient (Wildman–Crippen LogP) is 0.0934. The van der Waals surface area contributed by atoms with E-state index in [1.165, 1.54) is 19.2 Å². The fraction of sp³-hybridized carbons (Fsp3) is 0.636. The van der Waals surface area contributed by atoms with E-state index in [1.807, 2.05) is 4.90 Å². The maximum atomic E-state index is 11.5. The van der Waals surface area contributed by atoms with E-state index in [0.29, 0.717) is 18.4 Å². The van der Waals surface area contributed by atoms with E-state index in [1.54, 1.807) is 0 Å². The molecule has 0 atom stereocenters. The Kier molecular flexibility index (Phi) is 3.63. The van der Waals surface area contributed by atoms with Gasteiger partial charge in [0.25, 0.3) is 5.56 Å². The molecule has 1 aliphatic carbocycles. The van der Waals surface area contributed by atoms with Crippen molar-refractivity contribution in [1.82, 2.24) is 9.97 Å². The van der Waals surface area contributed by atoms with Crippen LogP contribution in [0.5, 0.6) is 0 Å². The summed E-state index contributed by atoms with van der Waals surface area (Å²) in [6.45, 7) is 0.496. The zero-order valence-electron chi connectivity index (χ0n) is 9.72. The highest BCUT2D eigenvalue weighted by Gasteiger charge is 2.25. The minimum Gasteiger partial charge on any atom is -0.395 e. The molecule has 6 heteroatoms. The van der Waals surface area contributed by atoms with Crippen LogP contribution in [0.15, 0.2) is 11.1 Å². The minimum atomic E-state index is -0.323. The van der Waals surface area contributed by atoms with Crippen molar-refractivity contribution in [2.45, 2.75) is 31.7 Å². The molecular weight excluding hydrogens is 220 g/mol. The van der Waals surface area contributed by atoms with Gasteiger partial charge in [0.2, 0.25) is 0 Å². The number of aliphatic hydroxyl groups excluding tert-OH is 1. The number of nitrogens with zero attached hydrogens (tertiary/aromatic N) is 2. The van der Waals surface area contributed by atoms with Gasteiger partial charge in [0.1, 0.15) is 5.69 Å². The second-order valence-corrected chi connectivity index (χ2v) is 4.32. The molecule has 4 N–H and O–H groups in total. The molecule has 1 heterocycles. The first-order chi connectivity index (χ1) is 8.24. The molecule has 0 saturated heterocycles. The van der Waals surface area contributed by atoms with Gasteiger partial charge >= 0.3 is 0 Å². The Bertz CT molecular complexity index is 426. The number of aliphatic hydroxyl groups is 1. The summed E-state index contributed by atoms with van der Waals surface area (Å²) in [6.07, 6.45) is 5.83. The summed E-state index contributed by atoms with van der Waals surface area (Å²) in [5.74, 6) is 0.495. The van der Waals surface area contributed by atoms with E-state index in [-0.39, 0.29) is 17.9 Å². The first-order valence-corrected chi connectivity index (χ1v) is 5.94. The second-order valence-electron chi connectivity index (χ2n) is 4.32. The summed E-state index contributed by atoms with van der Waals surface area (Å²) >= 11 is 0. The zero-order valence-corrected chi connectivity index (χ0v) is 9.72. The third kappa shape index (κ3) is 2.41. The number of nitrogens with two attached hydrogens (primary N) is 1. The number of rotatable bonds is 4. The highest BCUT2D eigenvalue weighted by molar-refractivity contribution is 5.61. The summed E-state index contributed by atoms with van der Waals surface area (Å²) in [4.78, 5) is 20.0. The first kappa shape index (κ1) is 11.9. The molecule has 0 spiro atoms. The Morgan fingerprint density at radius 2 is 2.24 bits per heavy atom. The number of anilines is 2. The van der Waals surface area contributed by atoms with Gasteiger partial charge < -0.3 is 20.7 Å². The fourth-order valence-corrected chi connectivity index (χ4v) is 2.41. The van der Waals surface area contributed by atoms with Crippen molar-refractivity contribution in [2.24, 2.45) is 0 Å². The lowest BCUT2D eigenvalue weighted by atomic mass is 10.2. The number of aromatic nitrogens is 2. The summed E-state index contributed by atoms with van der Waals surface area (Å²) in [5.41, 5.74) is 5.56. The lowest BCUT2D eigenvalue weighted by Gasteiger charge is -2.29. The Hall–Kier alpha value is -1.56. The molecule has 1 saturated carbocycles. The highest BCUT2D eigenvalue weighted by Crippen LogP contribution is 2.28. The van der Waals surface area contributed by atoms with Crippen LogP contribution in [0.2, 0.25) is 0 Å². The average Bonchev–Trinajstić information content (AvgIpc) is 2.84. The van der Waals surface area contributed by atoms with Crippen LogP contribution in [0.3, 0.4) is 0 Å². The standard InChI is InChI=1S/C11H18N4O2/c12-9-10(13-7-14-11(9)17)15(5-6-16)8-3-1-2-4-8/h7-8,16H,1-6,12H2,(H,13,14,17). The topological polar surface area (TPSA) is 95.2 Å². The molecule has 1 aromatic heterocycles. The number of H-pyrrole nitrogens is 1. The summed E-state index contributed by atoms with van der Waals surface area (Å²) in [5, 5.41) is 9.12. The first-order valence-electron chi connectivity index (χ1n) is 5.94. The lowest BCUT2D eigenvalue weighted by Crippen LogP contribution is -2.38. The van der Waals surface area contributed by atoms with Crippen LogP contribution in [0.4, 0.5) is 11.5 Å². The third-order valence-electron chi connectivity index (χ3n) is 3.25. The van der Waals surface area contributed by atoms with Crippen LogP contribution in [0.25, 0.3) is 0 Å². The van der Waals surface area contributed by atoms with Crippen LogP contribution in [-0.4, -0.2) is 34.3 Å². The summed E-state index contributed by atoms with van der Waals surface area (Å²) < 4.78 is 0. The molecule has 0 unspecified atom stereocenters. The van der Waals surface area contributed by atoms with Gasteiger partial charge in [-0.1, -0.05) is 12.8 Å². The molecular formula is C11H18N4O2. The van der Waals surface area contributed by atoms with E-state index in [2.05, 4.69) is 9.97 Å². The van der Waals surface area contributed by atoms with Crippen molar-refractivity contribution in [2.75, 3.05) is 23.8 Å². The van der Waals surface area contributed by atoms with Gasteiger partial charge in [0.05, 0.1) is 12.9 Å². The molecule has 0 bridgehead atoms. The van der Waals surface area contributed by atoms with Gasteiger partial charge in [-0.05, 0) is 12.8 Å². The van der Waals surface area contributed by atoms with E-state index in [4.69, 9.17) is 10.8 Å². The number of nitrogens with one attached hydrogen (secondary N) is 1. The molecule has 1 fully saturated rings. The molecule has 1 aliphatic rings. The highest BCUT2D eigenvalue weighted by atomic mass is 16.3. The molecule has 0 radical (unpaired) electrons. The molecule has 6 nitrogen and oxygen atoms in total. The normalized spacial score (nSPS) is 16.3. The van der Waals surface area contributed by atoms with Crippen molar-refractivity contribution in [3.05, 3.63) is 16.7 Å². The summed E-state index contributed by atoms with van der Waals surface area (Å²) in [7, 11) is 0. The maximum Gasteiger partial charge on any atom is 0.276 e. The van der Waals surface area contributed by atoms with Gasteiger partial charge in [-0.15, -0.1) is 0 Å². The molecule has 1 aromatic rings. The van der Waals surface area contributed by atoms with Crippen molar-refractivity contribution in [3.63, 3.8) is 0 Å². The van der Waals surface area contributed by atoms with Crippen LogP contribution in [-0.2, 0) is 0 Å². The predicted molar refractivity (Wildman–Crippen MR) is 66.0 cm³/mol. The number of hydrogen-bond donors (Lipinski definition) is 3. The molecule has 94 valence electrons. The van der Waals surface area contributed by atoms with E-state index in [9.17, 15) is 4.79 Å². The number of nitrogen functional groups attached to an aromatic ring is 1. The minimum absolute atomic E-state index is 0.0322. The SMILES string of the molecule is Nc1c(N(CCO)C2CCCC2)nc[nH]c1=O. The van der Waals surface area contributed by atoms with Crippen LogP contribution >= 0.6 is 0 Å². The number of aromatic amines is 1. The van der Waals surface area contributed by atoms with Gasteiger partial charge in [0, 0.05) is 12.6 Å². The van der Waals surface area contributed by atoms with Crippen molar-refractivity contribution in [1.29, 1.82) is 0 Å². The quantitative estimate of drug-likeness (QED) is 0.691. The van der Waals surface area contributed by atoms with Crippen molar-refractivity contribution >= 4 is 11.5 Å². The van der Waals surface area contributed by atoms with Crippen LogP contribution < -0.4 is 16.2 Å². The lowest BCUT2D eigenvalue weighted by molar-refractivity contribution is 0.297. The largest absolute Gasteiger partial charge is 0.395 e. The molecule has 2 rings (SSSR count). The third-order valence-corrected chi connectivity index (χ3v) is 3.25. The molecule has 0 amide bonds. The monoisotopic (exact) mass is 238 g/mol. The summed E-state index contributed by atoms with van der Waals surface area (Å²) in [6, 6.07) is 0.332. The van der Waals surface area contributed by atoms with Gasteiger partial charge in [-0.25, -0.2) is 4.98 Å². The van der Waals surface area contributed by atoms with E-state index in [0.717, 1.165) is 12.8 Å². The van der Waals surface area contributed by atoms with Gasteiger partial charge in [-0.3, -0.25) is 4.79 Å². The smallest absolute Gasteiger partial charge is 0.276 e. The van der Waals surface area contributed by atoms with Crippen LogP contribution in [0, 0.1) is 0 Å². The Morgan fingerprint density at radius 1 is 1.53 bits per heavy atom. The Balaban J connectivity index is 2.31.